The topological polar surface area (TPSA) is 133 Å². The zero-order valence-corrected chi connectivity index (χ0v) is 14.3. The van der Waals surface area contributed by atoms with Crippen LogP contribution in [0.5, 0.6) is 5.88 Å². The van der Waals surface area contributed by atoms with Gasteiger partial charge in [-0.05, 0) is 6.07 Å². The molecule has 0 fully saturated rings. The molecule has 0 aliphatic carbocycles. The number of nitrogens with one attached hydrogen (secondary N) is 2. The van der Waals surface area contributed by atoms with Crippen LogP contribution in [0.25, 0.3) is 22.1 Å². The fourth-order valence-electron chi connectivity index (χ4n) is 2.91. The minimum atomic E-state index is -0.575. The summed E-state index contributed by atoms with van der Waals surface area (Å²) in [5.74, 6) is -0.0159. The first-order valence-electron chi connectivity index (χ1n) is 8.03. The summed E-state index contributed by atoms with van der Waals surface area (Å²) in [6, 6.07) is 7.24. The molecule has 0 bridgehead atoms. The minimum absolute atomic E-state index is 0.112. The lowest BCUT2D eigenvalue weighted by molar-refractivity contribution is 0.459. The van der Waals surface area contributed by atoms with Crippen molar-refractivity contribution in [1.82, 2.24) is 24.1 Å². The SMILES string of the molecule is C=CCn1c(N=Nc2c(O)[nH]c3ccccc23)nc2c1c(=O)[nH]c(=O)n2C. The van der Waals surface area contributed by atoms with E-state index in [0.717, 1.165) is 0 Å². The quantitative estimate of drug-likeness (QED) is 0.377. The molecular weight excluding hydrogens is 350 g/mol. The third-order valence-electron chi connectivity index (χ3n) is 4.20. The summed E-state index contributed by atoms with van der Waals surface area (Å²) in [6.07, 6.45) is 1.58. The molecule has 1 aromatic carbocycles. The van der Waals surface area contributed by atoms with Gasteiger partial charge in [0.05, 0.1) is 5.52 Å². The van der Waals surface area contributed by atoms with E-state index < -0.39 is 11.2 Å². The van der Waals surface area contributed by atoms with Crippen molar-refractivity contribution in [1.29, 1.82) is 0 Å². The number of aryl methyl sites for hydroxylation is 1. The number of rotatable bonds is 4. The van der Waals surface area contributed by atoms with E-state index in [-0.39, 0.29) is 35.2 Å². The van der Waals surface area contributed by atoms with Gasteiger partial charge in [0.15, 0.2) is 16.9 Å². The predicted octanol–water partition coefficient (Wildman–Crippen LogP) is 2.21. The Bertz CT molecular complexity index is 1340. The number of para-hydroxylation sites is 1. The number of azo groups is 1. The smallest absolute Gasteiger partial charge is 0.329 e. The van der Waals surface area contributed by atoms with Crippen LogP contribution < -0.4 is 11.2 Å². The lowest BCUT2D eigenvalue weighted by Gasteiger charge is -2.01. The third-order valence-corrected chi connectivity index (χ3v) is 4.20. The highest BCUT2D eigenvalue weighted by Crippen LogP contribution is 2.36. The number of fused-ring (bicyclic) bond motifs is 2. The Morgan fingerprint density at radius 1 is 1.26 bits per heavy atom. The molecule has 3 N–H and O–H groups in total. The number of aromatic hydroxyl groups is 1. The highest BCUT2D eigenvalue weighted by Gasteiger charge is 2.17. The van der Waals surface area contributed by atoms with E-state index >= 15 is 0 Å². The Kier molecular flexibility index (Phi) is 3.73. The number of allylic oxidation sites excluding steroid dienone is 1. The molecule has 0 atom stereocenters. The van der Waals surface area contributed by atoms with Crippen LogP contribution in [0.15, 0.2) is 56.7 Å². The monoisotopic (exact) mass is 365 g/mol. The van der Waals surface area contributed by atoms with Gasteiger partial charge in [0, 0.05) is 19.0 Å². The molecule has 0 saturated carbocycles. The van der Waals surface area contributed by atoms with E-state index in [1.807, 2.05) is 12.1 Å². The van der Waals surface area contributed by atoms with Gasteiger partial charge in [-0.3, -0.25) is 18.9 Å². The summed E-state index contributed by atoms with van der Waals surface area (Å²) in [7, 11) is 1.50. The molecule has 27 heavy (non-hydrogen) atoms. The van der Waals surface area contributed by atoms with Crippen LogP contribution in [0, 0.1) is 0 Å². The fraction of sp³-hybridized carbons (Fsp3) is 0.118. The average Bonchev–Trinajstić information content (AvgIpc) is 3.16. The van der Waals surface area contributed by atoms with E-state index in [9.17, 15) is 14.7 Å². The van der Waals surface area contributed by atoms with Gasteiger partial charge >= 0.3 is 5.69 Å². The van der Waals surface area contributed by atoms with Crippen molar-refractivity contribution in [3.05, 3.63) is 57.8 Å². The number of hydrogen-bond acceptors (Lipinski definition) is 6. The van der Waals surface area contributed by atoms with Crippen LogP contribution in [0.2, 0.25) is 0 Å². The Morgan fingerprint density at radius 3 is 2.81 bits per heavy atom. The lowest BCUT2D eigenvalue weighted by atomic mass is 10.2. The maximum atomic E-state index is 12.2. The molecule has 4 rings (SSSR count). The van der Waals surface area contributed by atoms with Gasteiger partial charge < -0.3 is 10.1 Å². The molecule has 10 heteroatoms. The van der Waals surface area contributed by atoms with E-state index in [1.165, 1.54) is 16.2 Å². The maximum Gasteiger partial charge on any atom is 0.329 e. The number of H-pyrrole nitrogens is 2. The molecule has 0 amide bonds. The number of aromatic nitrogens is 5. The van der Waals surface area contributed by atoms with Crippen molar-refractivity contribution in [2.45, 2.75) is 6.54 Å². The van der Waals surface area contributed by atoms with Crippen molar-refractivity contribution in [2.75, 3.05) is 0 Å². The molecule has 0 radical (unpaired) electrons. The summed E-state index contributed by atoms with van der Waals surface area (Å²) in [5.41, 5.74) is 0.192. The van der Waals surface area contributed by atoms with Crippen LogP contribution in [0.4, 0.5) is 11.6 Å². The van der Waals surface area contributed by atoms with Crippen LogP contribution in [-0.4, -0.2) is 29.2 Å². The average molecular weight is 365 g/mol. The molecule has 0 aliphatic rings. The van der Waals surface area contributed by atoms with Crippen LogP contribution >= 0.6 is 0 Å². The molecule has 10 nitrogen and oxygen atoms in total. The molecule has 0 saturated heterocycles. The van der Waals surface area contributed by atoms with Crippen LogP contribution in [-0.2, 0) is 13.6 Å². The molecule has 3 heterocycles. The summed E-state index contributed by atoms with van der Waals surface area (Å²) < 4.78 is 2.72. The predicted molar refractivity (Wildman–Crippen MR) is 99.9 cm³/mol. The summed E-state index contributed by atoms with van der Waals surface area (Å²) in [6.45, 7) is 3.91. The van der Waals surface area contributed by atoms with Gasteiger partial charge in [-0.2, -0.15) is 4.98 Å². The summed E-state index contributed by atoms with van der Waals surface area (Å²) in [5, 5.41) is 19.0. The fourth-order valence-corrected chi connectivity index (χ4v) is 2.91. The van der Waals surface area contributed by atoms with Gasteiger partial charge in [0.1, 0.15) is 0 Å². The highest BCUT2D eigenvalue weighted by molar-refractivity contribution is 5.94. The van der Waals surface area contributed by atoms with Gasteiger partial charge in [-0.1, -0.05) is 24.3 Å². The van der Waals surface area contributed by atoms with Gasteiger partial charge in [0.2, 0.25) is 5.88 Å². The first-order valence-corrected chi connectivity index (χ1v) is 8.03. The zero-order chi connectivity index (χ0) is 19.1. The van der Waals surface area contributed by atoms with E-state index in [4.69, 9.17) is 0 Å². The van der Waals surface area contributed by atoms with Crippen molar-refractivity contribution in [3.63, 3.8) is 0 Å². The summed E-state index contributed by atoms with van der Waals surface area (Å²) in [4.78, 5) is 33.4. The standard InChI is InChI=1S/C17H15N7O3/c1-3-8-24-12-13(23(2)17(27)20-15(12)26)19-16(24)22-21-11-9-6-4-5-7-10(9)18-14(11)25/h3-7,18,25H,1,8H2,2H3,(H,20,26,27). The number of nitrogens with zero attached hydrogens (tertiary/aromatic N) is 5. The maximum absolute atomic E-state index is 12.2. The van der Waals surface area contributed by atoms with Gasteiger partial charge in [0.25, 0.3) is 11.5 Å². The Balaban J connectivity index is 1.93. The second-order valence-corrected chi connectivity index (χ2v) is 5.87. The second kappa shape index (κ2) is 6.09. The van der Waals surface area contributed by atoms with Gasteiger partial charge in [-0.15, -0.1) is 16.8 Å². The lowest BCUT2D eigenvalue weighted by Crippen LogP contribution is -2.29. The van der Waals surface area contributed by atoms with Crippen LogP contribution in [0.1, 0.15) is 0 Å². The third kappa shape index (κ3) is 2.54. The van der Waals surface area contributed by atoms with E-state index in [1.54, 1.807) is 18.2 Å². The first kappa shape index (κ1) is 16.5. The first-order chi connectivity index (χ1) is 13.0. The number of benzene rings is 1. The molecule has 0 spiro atoms. The molecule has 3 aromatic heterocycles. The Hall–Kier alpha value is -3.95. The van der Waals surface area contributed by atoms with Crippen molar-refractivity contribution in [3.8, 4) is 5.88 Å². The molecule has 0 aliphatic heterocycles. The van der Waals surface area contributed by atoms with Gasteiger partial charge in [-0.25, -0.2) is 4.79 Å². The van der Waals surface area contributed by atoms with Crippen molar-refractivity contribution in [2.24, 2.45) is 17.3 Å². The molecule has 0 unspecified atom stereocenters. The number of aromatic amines is 2. The molecule has 136 valence electrons. The summed E-state index contributed by atoms with van der Waals surface area (Å²) >= 11 is 0. The highest BCUT2D eigenvalue weighted by atomic mass is 16.3. The van der Waals surface area contributed by atoms with Crippen LogP contribution in [0.3, 0.4) is 0 Å². The number of imidazole rings is 1. The Morgan fingerprint density at radius 2 is 2.04 bits per heavy atom. The zero-order valence-electron chi connectivity index (χ0n) is 14.3. The largest absolute Gasteiger partial charge is 0.493 e. The normalized spacial score (nSPS) is 11.7. The van der Waals surface area contributed by atoms with Crippen molar-refractivity contribution < 1.29 is 5.11 Å². The molecule has 4 aromatic rings. The Labute approximate surface area is 151 Å². The van der Waals surface area contributed by atoms with Crippen molar-refractivity contribution >= 4 is 33.7 Å². The van der Waals surface area contributed by atoms with E-state index in [0.29, 0.717) is 10.9 Å². The minimum Gasteiger partial charge on any atom is -0.493 e. The number of hydrogen-bond donors (Lipinski definition) is 3. The van der Waals surface area contributed by atoms with E-state index in [2.05, 4.69) is 31.8 Å². The second-order valence-electron chi connectivity index (χ2n) is 5.87. The molecular formula is C17H15N7O3.